The third-order valence-electron chi connectivity index (χ3n) is 1.23. The Morgan fingerprint density at radius 2 is 2.00 bits per heavy atom. The minimum absolute atomic E-state index is 1.01. The van der Waals surface area contributed by atoms with Gasteiger partial charge in [0.05, 0.1) is 0 Å². The molecule has 0 saturated heterocycles. The Kier molecular flexibility index (Phi) is 2.98. The quantitative estimate of drug-likeness (QED) is 0.546. The normalized spacial score (nSPS) is 9.18. The standard InChI is InChI=1S/C8H8NOS/c1-7-2-4-8(5-3-7)11-9-6-10/h2-5H,1H3,(H,9,10). The van der Waals surface area contributed by atoms with Crippen LogP contribution >= 0.6 is 11.9 Å². The fourth-order valence-corrected chi connectivity index (χ4v) is 1.12. The lowest BCUT2D eigenvalue weighted by atomic mass is 10.2. The van der Waals surface area contributed by atoms with E-state index in [2.05, 4.69) is 4.72 Å². The number of aryl methyl sites for hydroxylation is 1. The average molecular weight is 166 g/mol. The second-order valence-electron chi connectivity index (χ2n) is 2.12. The summed E-state index contributed by atoms with van der Waals surface area (Å²) < 4.78 is 2.40. The van der Waals surface area contributed by atoms with Crippen LogP contribution in [0.5, 0.6) is 0 Å². The molecule has 0 spiro atoms. The van der Waals surface area contributed by atoms with Crippen molar-refractivity contribution in [3.8, 4) is 0 Å². The Morgan fingerprint density at radius 1 is 1.36 bits per heavy atom. The zero-order valence-electron chi connectivity index (χ0n) is 6.13. The number of carbonyl (C=O) groups excluding carboxylic acids is 1. The molecule has 1 rings (SSSR count). The molecule has 1 amide bonds. The highest BCUT2D eigenvalue weighted by atomic mass is 32.2. The van der Waals surface area contributed by atoms with Crippen LogP contribution in [0.2, 0.25) is 0 Å². The Morgan fingerprint density at radius 3 is 2.55 bits per heavy atom. The van der Waals surface area contributed by atoms with Gasteiger partial charge in [-0.05, 0) is 31.0 Å². The summed E-state index contributed by atoms with van der Waals surface area (Å²) in [4.78, 5) is 10.8. The smallest absolute Gasteiger partial charge is 0.288 e. The maximum atomic E-state index is 9.79. The van der Waals surface area contributed by atoms with Crippen molar-refractivity contribution in [1.29, 1.82) is 0 Å². The van der Waals surface area contributed by atoms with Gasteiger partial charge < -0.3 is 0 Å². The Balaban J connectivity index is 2.58. The van der Waals surface area contributed by atoms with Gasteiger partial charge in [-0.15, -0.1) is 0 Å². The molecule has 2 nitrogen and oxygen atoms in total. The van der Waals surface area contributed by atoms with Crippen molar-refractivity contribution >= 4 is 18.4 Å². The minimum atomic E-state index is 1.01. The third kappa shape index (κ3) is 2.63. The number of hydrogen-bond donors (Lipinski definition) is 1. The highest BCUT2D eigenvalue weighted by Gasteiger charge is 1.90. The van der Waals surface area contributed by atoms with E-state index in [0.29, 0.717) is 0 Å². The number of nitrogens with one attached hydrogen (secondary N) is 1. The predicted molar refractivity (Wildman–Crippen MR) is 45.9 cm³/mol. The largest absolute Gasteiger partial charge is 0.320 e. The first-order chi connectivity index (χ1) is 5.33. The van der Waals surface area contributed by atoms with E-state index in [4.69, 9.17) is 0 Å². The van der Waals surface area contributed by atoms with Gasteiger partial charge in [-0.25, -0.2) is 0 Å². The van der Waals surface area contributed by atoms with Crippen molar-refractivity contribution in [2.24, 2.45) is 0 Å². The fourth-order valence-electron chi connectivity index (χ4n) is 0.686. The summed E-state index contributed by atoms with van der Waals surface area (Å²) in [5.41, 5.74) is 1.21. The summed E-state index contributed by atoms with van der Waals surface area (Å²) >= 11 is 1.26. The van der Waals surface area contributed by atoms with Gasteiger partial charge in [0.1, 0.15) is 0 Å². The zero-order chi connectivity index (χ0) is 8.10. The molecule has 3 heteroatoms. The maximum Gasteiger partial charge on any atom is 0.320 e. The summed E-state index contributed by atoms with van der Waals surface area (Å²) in [7, 11) is 0. The van der Waals surface area contributed by atoms with E-state index in [1.807, 2.05) is 31.2 Å². The molecular formula is C8H8NOS. The van der Waals surface area contributed by atoms with Crippen LogP contribution in [0.3, 0.4) is 0 Å². The van der Waals surface area contributed by atoms with Gasteiger partial charge in [0.25, 0.3) is 0 Å². The molecule has 0 unspecified atom stereocenters. The van der Waals surface area contributed by atoms with Crippen LogP contribution in [0, 0.1) is 6.92 Å². The zero-order valence-corrected chi connectivity index (χ0v) is 6.94. The molecule has 0 aliphatic rings. The maximum absolute atomic E-state index is 9.79. The number of benzene rings is 1. The first-order valence-corrected chi connectivity index (χ1v) is 4.00. The molecule has 1 aromatic rings. The molecular weight excluding hydrogens is 158 g/mol. The third-order valence-corrected chi connectivity index (χ3v) is 1.92. The van der Waals surface area contributed by atoms with E-state index in [1.165, 1.54) is 17.5 Å². The lowest BCUT2D eigenvalue weighted by molar-refractivity contribution is 0.554. The van der Waals surface area contributed by atoms with Crippen molar-refractivity contribution in [3.05, 3.63) is 29.8 Å². The van der Waals surface area contributed by atoms with Crippen molar-refractivity contribution in [3.63, 3.8) is 0 Å². The highest BCUT2D eigenvalue weighted by Crippen LogP contribution is 2.13. The van der Waals surface area contributed by atoms with Crippen LogP contribution in [0.4, 0.5) is 0 Å². The van der Waals surface area contributed by atoms with Crippen molar-refractivity contribution in [2.75, 3.05) is 0 Å². The van der Waals surface area contributed by atoms with Crippen LogP contribution in [-0.2, 0) is 4.79 Å². The summed E-state index contributed by atoms with van der Waals surface area (Å²) in [5.74, 6) is 0. The first-order valence-electron chi connectivity index (χ1n) is 3.18. The molecule has 0 bridgehead atoms. The second kappa shape index (κ2) is 4.03. The summed E-state index contributed by atoms with van der Waals surface area (Å²) in [6.07, 6.45) is 1.59. The van der Waals surface area contributed by atoms with Gasteiger partial charge in [-0.1, -0.05) is 17.7 Å². The van der Waals surface area contributed by atoms with Crippen molar-refractivity contribution < 1.29 is 4.79 Å². The van der Waals surface area contributed by atoms with Crippen LogP contribution in [0.15, 0.2) is 29.2 Å². The van der Waals surface area contributed by atoms with Gasteiger partial charge in [-0.2, -0.15) is 0 Å². The van der Waals surface area contributed by atoms with Gasteiger partial charge in [0.2, 0.25) is 0 Å². The van der Waals surface area contributed by atoms with Gasteiger partial charge >= 0.3 is 6.41 Å². The molecule has 0 fully saturated rings. The molecule has 1 N–H and O–H groups in total. The Labute approximate surface area is 70.1 Å². The minimum Gasteiger partial charge on any atom is -0.288 e. The lowest BCUT2D eigenvalue weighted by Crippen LogP contribution is -1.96. The second-order valence-corrected chi connectivity index (χ2v) is 3.00. The Bertz CT molecular complexity index is 232. The number of amides is 1. The number of hydrogen-bond acceptors (Lipinski definition) is 2. The lowest BCUT2D eigenvalue weighted by Gasteiger charge is -1.97. The molecule has 0 aromatic heterocycles. The first kappa shape index (κ1) is 8.14. The van der Waals surface area contributed by atoms with E-state index >= 15 is 0 Å². The topological polar surface area (TPSA) is 29.1 Å². The number of rotatable bonds is 3. The molecule has 11 heavy (non-hydrogen) atoms. The molecule has 57 valence electrons. The highest BCUT2D eigenvalue weighted by molar-refractivity contribution is 7.97. The summed E-state index contributed by atoms with van der Waals surface area (Å²) in [5, 5.41) is 0. The SMILES string of the molecule is Cc1ccc(SN[C]=O)cc1. The molecule has 1 radical (unpaired) electrons. The molecule has 0 atom stereocenters. The Hall–Kier alpha value is -0.960. The van der Waals surface area contributed by atoms with Crippen LogP contribution in [0.1, 0.15) is 5.56 Å². The summed E-state index contributed by atoms with van der Waals surface area (Å²) in [6, 6.07) is 7.89. The van der Waals surface area contributed by atoms with E-state index in [9.17, 15) is 4.79 Å². The fraction of sp³-hybridized carbons (Fsp3) is 0.125. The van der Waals surface area contributed by atoms with E-state index in [-0.39, 0.29) is 0 Å². The van der Waals surface area contributed by atoms with Crippen molar-refractivity contribution in [2.45, 2.75) is 11.8 Å². The van der Waals surface area contributed by atoms with Gasteiger partial charge in [0, 0.05) is 4.90 Å². The molecule has 0 aliphatic heterocycles. The van der Waals surface area contributed by atoms with Crippen molar-refractivity contribution in [1.82, 2.24) is 4.72 Å². The van der Waals surface area contributed by atoms with Crippen LogP contribution in [0.25, 0.3) is 0 Å². The average Bonchev–Trinajstić information content (AvgIpc) is 2.04. The van der Waals surface area contributed by atoms with Crippen LogP contribution < -0.4 is 4.72 Å². The predicted octanol–water partition coefficient (Wildman–Crippen LogP) is 1.66. The summed E-state index contributed by atoms with van der Waals surface area (Å²) in [6.45, 7) is 2.02. The van der Waals surface area contributed by atoms with E-state index in [1.54, 1.807) is 6.41 Å². The van der Waals surface area contributed by atoms with E-state index in [0.717, 1.165) is 4.90 Å². The molecule has 1 aromatic carbocycles. The molecule has 0 aliphatic carbocycles. The van der Waals surface area contributed by atoms with Gasteiger partial charge in [0.15, 0.2) is 0 Å². The molecule has 0 saturated carbocycles. The molecule has 0 heterocycles. The van der Waals surface area contributed by atoms with E-state index < -0.39 is 0 Å². The van der Waals surface area contributed by atoms with Crippen LogP contribution in [-0.4, -0.2) is 6.41 Å². The monoisotopic (exact) mass is 166 g/mol. The van der Waals surface area contributed by atoms with Gasteiger partial charge in [-0.3, -0.25) is 9.52 Å².